The molecule has 6 heteroatoms. The number of carbonyl (C=O) groups is 2. The highest BCUT2D eigenvalue weighted by molar-refractivity contribution is 5.98. The molecule has 0 fully saturated rings. The number of para-hydroxylation sites is 2. The number of ether oxygens (including phenoxy) is 2. The van der Waals surface area contributed by atoms with Gasteiger partial charge < -0.3 is 14.8 Å². The second kappa shape index (κ2) is 7.21. The summed E-state index contributed by atoms with van der Waals surface area (Å²) in [5, 5.41) is 2.66. The Bertz CT molecular complexity index is 658. The van der Waals surface area contributed by atoms with Gasteiger partial charge in [-0.1, -0.05) is 12.1 Å². The van der Waals surface area contributed by atoms with E-state index in [-0.39, 0.29) is 0 Å². The Kier molecular flexibility index (Phi) is 5.08. The molecule has 114 valence electrons. The summed E-state index contributed by atoms with van der Waals surface area (Å²) < 4.78 is 10.3. The Balaban J connectivity index is 1.99. The number of benzene rings is 1. The highest BCUT2D eigenvalue weighted by Gasteiger charge is 2.20. The molecule has 1 N–H and O–H groups in total. The Morgan fingerprint density at radius 1 is 1.18 bits per heavy atom. The first-order valence-corrected chi connectivity index (χ1v) is 6.66. The van der Waals surface area contributed by atoms with Crippen LogP contribution in [0.25, 0.3) is 0 Å². The zero-order valence-electron chi connectivity index (χ0n) is 12.3. The standard InChI is InChI=1S/C16H16N2O4/c1-11(22-16(20)12-6-5-9-17-10-12)15(19)18-13-7-3-4-8-14(13)21-2/h3-11H,1-2H3,(H,18,19). The van der Waals surface area contributed by atoms with Gasteiger partial charge >= 0.3 is 5.97 Å². The van der Waals surface area contributed by atoms with Crippen LogP contribution in [0.1, 0.15) is 17.3 Å². The maximum absolute atomic E-state index is 12.1. The van der Waals surface area contributed by atoms with E-state index in [4.69, 9.17) is 9.47 Å². The van der Waals surface area contributed by atoms with E-state index < -0.39 is 18.0 Å². The largest absolute Gasteiger partial charge is 0.495 e. The van der Waals surface area contributed by atoms with Crippen LogP contribution < -0.4 is 10.1 Å². The van der Waals surface area contributed by atoms with E-state index in [0.717, 1.165) is 0 Å². The van der Waals surface area contributed by atoms with Gasteiger partial charge in [0.25, 0.3) is 5.91 Å². The number of amides is 1. The summed E-state index contributed by atoms with van der Waals surface area (Å²) in [6.45, 7) is 1.50. The Hall–Kier alpha value is -2.89. The number of hydrogen-bond acceptors (Lipinski definition) is 5. The Labute approximate surface area is 128 Å². The summed E-state index contributed by atoms with van der Waals surface area (Å²) in [6.07, 6.45) is 1.99. The van der Waals surface area contributed by atoms with Crippen LogP contribution in [-0.2, 0) is 9.53 Å². The first-order valence-electron chi connectivity index (χ1n) is 6.66. The molecule has 0 bridgehead atoms. The first kappa shape index (κ1) is 15.5. The van der Waals surface area contributed by atoms with Crippen LogP contribution in [0.15, 0.2) is 48.8 Å². The maximum Gasteiger partial charge on any atom is 0.340 e. The van der Waals surface area contributed by atoms with Crippen molar-refractivity contribution in [3.63, 3.8) is 0 Å². The second-order valence-electron chi connectivity index (χ2n) is 4.48. The molecule has 2 rings (SSSR count). The predicted molar refractivity (Wildman–Crippen MR) is 80.7 cm³/mol. The minimum atomic E-state index is -0.947. The topological polar surface area (TPSA) is 77.5 Å². The number of methoxy groups -OCH3 is 1. The zero-order chi connectivity index (χ0) is 15.9. The monoisotopic (exact) mass is 300 g/mol. The van der Waals surface area contributed by atoms with Crippen molar-refractivity contribution >= 4 is 17.6 Å². The lowest BCUT2D eigenvalue weighted by molar-refractivity contribution is -0.123. The number of rotatable bonds is 5. The number of aromatic nitrogens is 1. The number of pyridine rings is 1. The van der Waals surface area contributed by atoms with E-state index >= 15 is 0 Å². The van der Waals surface area contributed by atoms with Gasteiger partial charge in [0.05, 0.1) is 18.4 Å². The second-order valence-corrected chi connectivity index (χ2v) is 4.48. The highest BCUT2D eigenvalue weighted by atomic mass is 16.5. The molecule has 1 aromatic carbocycles. The van der Waals surface area contributed by atoms with Gasteiger partial charge in [0.2, 0.25) is 0 Å². The van der Waals surface area contributed by atoms with E-state index in [1.54, 1.807) is 42.6 Å². The van der Waals surface area contributed by atoms with Gasteiger partial charge in [-0.3, -0.25) is 9.78 Å². The van der Waals surface area contributed by atoms with Crippen LogP contribution in [0.2, 0.25) is 0 Å². The van der Waals surface area contributed by atoms with Crippen molar-refractivity contribution in [1.29, 1.82) is 0 Å². The van der Waals surface area contributed by atoms with Crippen molar-refractivity contribution in [2.45, 2.75) is 13.0 Å². The van der Waals surface area contributed by atoms with Crippen LogP contribution in [0.3, 0.4) is 0 Å². The molecule has 0 aliphatic rings. The van der Waals surface area contributed by atoms with Crippen LogP contribution in [0.5, 0.6) is 5.75 Å². The highest BCUT2D eigenvalue weighted by Crippen LogP contribution is 2.23. The third kappa shape index (κ3) is 3.82. The molecule has 0 saturated heterocycles. The van der Waals surface area contributed by atoms with Gasteiger partial charge in [0.15, 0.2) is 6.10 Å². The minimum Gasteiger partial charge on any atom is -0.495 e. The molecule has 1 unspecified atom stereocenters. The summed E-state index contributed by atoms with van der Waals surface area (Å²) in [5.41, 5.74) is 0.804. The molecule has 0 saturated carbocycles. The van der Waals surface area contributed by atoms with E-state index in [1.807, 2.05) is 0 Å². The molecular formula is C16H16N2O4. The van der Waals surface area contributed by atoms with Crippen molar-refractivity contribution in [2.24, 2.45) is 0 Å². The number of anilines is 1. The van der Waals surface area contributed by atoms with Gasteiger partial charge in [0, 0.05) is 12.4 Å². The minimum absolute atomic E-state index is 0.291. The molecule has 6 nitrogen and oxygen atoms in total. The molecule has 1 heterocycles. The fraction of sp³-hybridized carbons (Fsp3) is 0.188. The maximum atomic E-state index is 12.1. The first-order chi connectivity index (χ1) is 10.6. The van der Waals surface area contributed by atoms with Crippen molar-refractivity contribution in [2.75, 3.05) is 12.4 Å². The summed E-state index contributed by atoms with van der Waals surface area (Å²) in [5.74, 6) is -0.515. The summed E-state index contributed by atoms with van der Waals surface area (Å²) in [6, 6.07) is 10.2. The third-order valence-electron chi connectivity index (χ3n) is 2.92. The molecule has 22 heavy (non-hydrogen) atoms. The van der Waals surface area contributed by atoms with Gasteiger partial charge in [0.1, 0.15) is 5.75 Å². The molecule has 2 aromatic rings. The molecule has 1 atom stereocenters. The lowest BCUT2D eigenvalue weighted by atomic mass is 10.2. The molecule has 0 spiro atoms. The van der Waals surface area contributed by atoms with Gasteiger partial charge in [-0.15, -0.1) is 0 Å². The number of esters is 1. The number of nitrogens with zero attached hydrogens (tertiary/aromatic N) is 1. The fourth-order valence-corrected chi connectivity index (χ4v) is 1.75. The van der Waals surface area contributed by atoms with Gasteiger partial charge in [-0.05, 0) is 31.2 Å². The average molecular weight is 300 g/mol. The molecule has 0 aliphatic heterocycles. The Morgan fingerprint density at radius 3 is 2.64 bits per heavy atom. The smallest absolute Gasteiger partial charge is 0.340 e. The van der Waals surface area contributed by atoms with Crippen LogP contribution in [-0.4, -0.2) is 30.1 Å². The number of carbonyl (C=O) groups excluding carboxylic acids is 2. The van der Waals surface area contributed by atoms with E-state index in [2.05, 4.69) is 10.3 Å². The predicted octanol–water partition coefficient (Wildman–Crippen LogP) is 2.27. The SMILES string of the molecule is COc1ccccc1NC(=O)C(C)OC(=O)c1cccnc1. The van der Waals surface area contributed by atoms with Crippen molar-refractivity contribution < 1.29 is 19.1 Å². The van der Waals surface area contributed by atoms with Crippen molar-refractivity contribution in [3.8, 4) is 5.75 Å². The fourth-order valence-electron chi connectivity index (χ4n) is 1.75. The lowest BCUT2D eigenvalue weighted by Crippen LogP contribution is -2.30. The van der Waals surface area contributed by atoms with Crippen LogP contribution >= 0.6 is 0 Å². The third-order valence-corrected chi connectivity index (χ3v) is 2.92. The average Bonchev–Trinajstić information content (AvgIpc) is 2.56. The van der Waals surface area contributed by atoms with E-state index in [1.165, 1.54) is 20.2 Å². The van der Waals surface area contributed by atoms with E-state index in [0.29, 0.717) is 17.0 Å². The van der Waals surface area contributed by atoms with Crippen molar-refractivity contribution in [1.82, 2.24) is 4.98 Å². The summed E-state index contributed by atoms with van der Waals surface area (Å²) >= 11 is 0. The lowest BCUT2D eigenvalue weighted by Gasteiger charge is -2.15. The van der Waals surface area contributed by atoms with E-state index in [9.17, 15) is 9.59 Å². The molecule has 1 amide bonds. The number of nitrogens with one attached hydrogen (secondary N) is 1. The number of hydrogen-bond donors (Lipinski definition) is 1. The molecular weight excluding hydrogens is 284 g/mol. The zero-order valence-corrected chi connectivity index (χ0v) is 12.3. The Morgan fingerprint density at radius 2 is 1.95 bits per heavy atom. The van der Waals surface area contributed by atoms with Crippen LogP contribution in [0, 0.1) is 0 Å². The van der Waals surface area contributed by atoms with Crippen molar-refractivity contribution in [3.05, 3.63) is 54.4 Å². The molecule has 0 aliphatic carbocycles. The summed E-state index contributed by atoms with van der Waals surface area (Å²) in [7, 11) is 1.51. The quantitative estimate of drug-likeness (QED) is 0.857. The summed E-state index contributed by atoms with van der Waals surface area (Å²) in [4.78, 5) is 27.8. The normalized spacial score (nSPS) is 11.4. The van der Waals surface area contributed by atoms with Gasteiger partial charge in [-0.2, -0.15) is 0 Å². The molecule has 0 radical (unpaired) electrons. The van der Waals surface area contributed by atoms with Gasteiger partial charge in [-0.25, -0.2) is 4.79 Å². The van der Waals surface area contributed by atoms with Crippen LogP contribution in [0.4, 0.5) is 5.69 Å². The molecule has 1 aromatic heterocycles.